The maximum Gasteiger partial charge on any atom is 0.417 e. The van der Waals surface area contributed by atoms with E-state index in [0.717, 1.165) is 23.5 Å². The molecule has 7 rings (SSSR count). The van der Waals surface area contributed by atoms with Gasteiger partial charge in [0.2, 0.25) is 0 Å². The van der Waals surface area contributed by atoms with E-state index in [-0.39, 0.29) is 6.54 Å². The van der Waals surface area contributed by atoms with Gasteiger partial charge >= 0.3 is 5.76 Å². The summed E-state index contributed by atoms with van der Waals surface area (Å²) in [5, 5.41) is 5.33. The van der Waals surface area contributed by atoms with Crippen molar-refractivity contribution in [2.75, 3.05) is 13.1 Å². The summed E-state index contributed by atoms with van der Waals surface area (Å²) in [6, 6.07) is 19.7. The van der Waals surface area contributed by atoms with Crippen molar-refractivity contribution in [2.45, 2.75) is 18.9 Å². The number of alkyl halides is 2. The first-order valence-corrected chi connectivity index (χ1v) is 12.4. The number of fused-ring (bicyclic) bond motifs is 2. The number of aliphatic imine (C=N–C) groups is 1. The first-order chi connectivity index (χ1) is 18.8. The monoisotopic (exact) mass is 525 g/mol. The highest BCUT2D eigenvalue weighted by atomic mass is 19.3. The second-order valence-electron chi connectivity index (χ2n) is 9.87. The van der Waals surface area contributed by atoms with Crippen molar-refractivity contribution in [3.63, 3.8) is 0 Å². The van der Waals surface area contributed by atoms with Crippen molar-refractivity contribution in [3.05, 3.63) is 106 Å². The minimum Gasteiger partial charge on any atom is -0.407 e. The van der Waals surface area contributed by atoms with Crippen molar-refractivity contribution in [3.8, 4) is 5.69 Å². The van der Waals surface area contributed by atoms with Crippen molar-refractivity contribution in [1.82, 2.24) is 19.7 Å². The number of aromatic nitrogens is 3. The fraction of sp³-hybridized carbons (Fsp3) is 0.172. The van der Waals surface area contributed by atoms with E-state index in [4.69, 9.17) is 4.42 Å². The molecule has 4 heterocycles. The first kappa shape index (κ1) is 23.3. The molecule has 0 spiro atoms. The number of rotatable bonds is 5. The summed E-state index contributed by atoms with van der Waals surface area (Å²) in [4.78, 5) is 33.9. The van der Waals surface area contributed by atoms with Crippen LogP contribution >= 0.6 is 0 Å². The lowest BCUT2D eigenvalue weighted by Gasteiger charge is -2.30. The Bertz CT molecular complexity index is 1910. The van der Waals surface area contributed by atoms with E-state index < -0.39 is 30.2 Å². The molecule has 39 heavy (non-hydrogen) atoms. The molecule has 0 saturated heterocycles. The van der Waals surface area contributed by atoms with E-state index in [1.165, 1.54) is 4.90 Å². The van der Waals surface area contributed by atoms with Gasteiger partial charge in [-0.2, -0.15) is 5.10 Å². The molecule has 8 nitrogen and oxygen atoms in total. The third-order valence-corrected chi connectivity index (χ3v) is 7.14. The number of carbonyl (C=O) groups excluding carboxylic acids is 1. The maximum atomic E-state index is 14.4. The predicted octanol–water partition coefficient (Wildman–Crippen LogP) is 4.80. The second-order valence-corrected chi connectivity index (χ2v) is 9.87. The molecule has 5 aromatic rings. The number of amides is 1. The van der Waals surface area contributed by atoms with Gasteiger partial charge in [0.25, 0.3) is 11.8 Å². The van der Waals surface area contributed by atoms with Crippen LogP contribution in [0, 0.1) is 0 Å². The molecule has 2 aliphatic heterocycles. The van der Waals surface area contributed by atoms with E-state index in [0.29, 0.717) is 39.1 Å². The van der Waals surface area contributed by atoms with E-state index in [1.807, 2.05) is 48.5 Å². The molecule has 1 unspecified atom stereocenters. The van der Waals surface area contributed by atoms with Gasteiger partial charge in [0.1, 0.15) is 0 Å². The molecule has 0 fully saturated rings. The normalized spacial score (nSPS) is 17.5. The summed E-state index contributed by atoms with van der Waals surface area (Å²) in [6.07, 6.45) is 1.72. The number of nitrogens with zero attached hydrogens (tertiary/aromatic N) is 4. The largest absolute Gasteiger partial charge is 0.417 e. The highest BCUT2D eigenvalue weighted by Crippen LogP contribution is 2.45. The van der Waals surface area contributed by atoms with Crippen LogP contribution < -0.4 is 5.76 Å². The molecule has 0 radical (unpaired) electrons. The molecule has 10 heteroatoms. The number of para-hydroxylation sites is 2. The smallest absolute Gasteiger partial charge is 0.407 e. The van der Waals surface area contributed by atoms with E-state index in [1.54, 1.807) is 29.1 Å². The molecule has 1 amide bonds. The number of hydrogen-bond donors (Lipinski definition) is 1. The summed E-state index contributed by atoms with van der Waals surface area (Å²) in [5.74, 6) is -4.20. The molecule has 0 bridgehead atoms. The average Bonchev–Trinajstić information content (AvgIpc) is 3.67. The number of carbonyl (C=O) groups is 1. The molecule has 1 atom stereocenters. The van der Waals surface area contributed by atoms with Crippen LogP contribution in [0.15, 0.2) is 98.3 Å². The van der Waals surface area contributed by atoms with Gasteiger partial charge in [0, 0.05) is 29.0 Å². The quantitative estimate of drug-likeness (QED) is 0.357. The van der Waals surface area contributed by atoms with Crippen LogP contribution in [0.25, 0.3) is 27.7 Å². The van der Waals surface area contributed by atoms with Crippen LogP contribution in [0.5, 0.6) is 0 Å². The number of H-pyrrole nitrogens is 1. The first-order valence-electron chi connectivity index (χ1n) is 12.4. The van der Waals surface area contributed by atoms with E-state index in [9.17, 15) is 18.4 Å². The zero-order valence-corrected chi connectivity index (χ0v) is 20.7. The van der Waals surface area contributed by atoms with Gasteiger partial charge in [-0.15, -0.1) is 0 Å². The van der Waals surface area contributed by atoms with Crippen LogP contribution in [0.4, 0.5) is 8.78 Å². The fourth-order valence-corrected chi connectivity index (χ4v) is 5.59. The lowest BCUT2D eigenvalue weighted by molar-refractivity contribution is -0.132. The highest BCUT2D eigenvalue weighted by molar-refractivity contribution is 6.25. The molecule has 2 aliphatic rings. The lowest BCUT2D eigenvalue weighted by atomic mass is 9.91. The Morgan fingerprint density at radius 2 is 1.90 bits per heavy atom. The van der Waals surface area contributed by atoms with Gasteiger partial charge in [0.05, 0.1) is 47.8 Å². The topological polar surface area (TPSA) is 96.5 Å². The van der Waals surface area contributed by atoms with Crippen LogP contribution in [-0.2, 0) is 4.79 Å². The number of aromatic amines is 1. The van der Waals surface area contributed by atoms with Crippen molar-refractivity contribution in [2.24, 2.45) is 4.99 Å². The standard InChI is InChI=1S/C29H21F2N5O3/c1-29(30,31)15-35-25(16-10-11-22-17(12-16)13-33-36(22)18-6-3-2-4-7-18)23-20(27(35)37)14-32-24(23)19-8-5-9-21-26(19)39-28(38)34-21/h2-13,25H,14-15H2,1H3,(H,34,38). The van der Waals surface area contributed by atoms with Gasteiger partial charge < -0.3 is 9.32 Å². The Kier molecular flexibility index (Phi) is 4.97. The lowest BCUT2D eigenvalue weighted by Crippen LogP contribution is -2.40. The number of benzene rings is 3. The summed E-state index contributed by atoms with van der Waals surface area (Å²) in [6.45, 7) is 0.116. The Hall–Kier alpha value is -4.86. The van der Waals surface area contributed by atoms with Gasteiger partial charge in [-0.25, -0.2) is 18.3 Å². The fourth-order valence-electron chi connectivity index (χ4n) is 5.59. The zero-order chi connectivity index (χ0) is 26.9. The Labute approximate surface area is 219 Å². The molecule has 2 aromatic heterocycles. The van der Waals surface area contributed by atoms with Crippen molar-refractivity contribution in [1.29, 1.82) is 0 Å². The molecule has 0 saturated carbocycles. The molecular weight excluding hydrogens is 504 g/mol. The molecule has 1 N–H and O–H groups in total. The number of halogens is 2. The SMILES string of the molecule is CC(F)(F)CN1C(=O)C2=C(C(c3cccc4[nH]c(=O)oc34)=NC2)C1c1ccc2c(cnn2-c2ccccc2)c1. The van der Waals surface area contributed by atoms with Gasteiger partial charge in [-0.05, 0) is 42.0 Å². The maximum absolute atomic E-state index is 14.4. The van der Waals surface area contributed by atoms with Gasteiger partial charge in [0.15, 0.2) is 5.58 Å². The summed E-state index contributed by atoms with van der Waals surface area (Å²) in [7, 11) is 0. The van der Waals surface area contributed by atoms with Crippen LogP contribution in [-0.4, -0.2) is 50.3 Å². The minimum absolute atomic E-state index is 0.0605. The highest BCUT2D eigenvalue weighted by Gasteiger charge is 2.47. The molecular formula is C29H21F2N5O3. The zero-order valence-electron chi connectivity index (χ0n) is 20.7. The third-order valence-electron chi connectivity index (χ3n) is 7.14. The minimum atomic E-state index is -3.11. The van der Waals surface area contributed by atoms with Crippen molar-refractivity contribution < 1.29 is 18.0 Å². The summed E-state index contributed by atoms with van der Waals surface area (Å²) >= 11 is 0. The van der Waals surface area contributed by atoms with Crippen molar-refractivity contribution >= 4 is 33.6 Å². The number of oxazole rings is 1. The summed E-state index contributed by atoms with van der Waals surface area (Å²) < 4.78 is 36.0. The molecule has 0 aliphatic carbocycles. The molecule has 194 valence electrons. The van der Waals surface area contributed by atoms with E-state index in [2.05, 4.69) is 15.1 Å². The number of hydrogen-bond acceptors (Lipinski definition) is 5. The van der Waals surface area contributed by atoms with Crippen LogP contribution in [0.3, 0.4) is 0 Å². The van der Waals surface area contributed by atoms with Crippen LogP contribution in [0.2, 0.25) is 0 Å². The van der Waals surface area contributed by atoms with Gasteiger partial charge in [-0.1, -0.05) is 30.3 Å². The summed E-state index contributed by atoms with van der Waals surface area (Å²) in [5.41, 5.74) is 5.09. The third kappa shape index (κ3) is 3.70. The average molecular weight is 526 g/mol. The van der Waals surface area contributed by atoms with E-state index >= 15 is 0 Å². The van der Waals surface area contributed by atoms with Gasteiger partial charge in [-0.3, -0.25) is 14.8 Å². The Morgan fingerprint density at radius 1 is 1.08 bits per heavy atom. The molecule has 3 aromatic carbocycles. The number of nitrogens with one attached hydrogen (secondary N) is 1. The Balaban J connectivity index is 1.38. The second kappa shape index (κ2) is 8.32. The predicted molar refractivity (Wildman–Crippen MR) is 141 cm³/mol. The van der Waals surface area contributed by atoms with Crippen LogP contribution in [0.1, 0.15) is 24.1 Å². The Morgan fingerprint density at radius 3 is 2.69 bits per heavy atom.